The van der Waals surface area contributed by atoms with Crippen LogP contribution in [0.25, 0.3) is 0 Å². The van der Waals surface area contributed by atoms with Crippen molar-refractivity contribution in [1.82, 2.24) is 4.31 Å². The normalized spacial score (nSPS) is 15.6. The number of hydrogen-bond donors (Lipinski definition) is 0. The molecule has 1 aliphatic heterocycles. The van der Waals surface area contributed by atoms with Crippen LogP contribution in [0.1, 0.15) is 19.3 Å². The van der Waals surface area contributed by atoms with E-state index in [0.717, 1.165) is 25.3 Å². The lowest BCUT2D eigenvalue weighted by Gasteiger charge is -2.25. The highest BCUT2D eigenvalue weighted by Crippen LogP contribution is 2.34. The van der Waals surface area contributed by atoms with Gasteiger partial charge in [-0.25, -0.2) is 8.42 Å². The molecule has 0 amide bonds. The highest BCUT2D eigenvalue weighted by Gasteiger charge is 2.29. The lowest BCUT2D eigenvalue weighted by molar-refractivity contribution is -0.385. The van der Waals surface area contributed by atoms with E-state index in [1.165, 1.54) is 16.4 Å². The zero-order chi connectivity index (χ0) is 18.7. The third-order valence-corrected chi connectivity index (χ3v) is 6.27. The fourth-order valence-electron chi connectivity index (χ4n) is 2.77. The molecule has 138 valence electrons. The van der Waals surface area contributed by atoms with Crippen molar-refractivity contribution in [2.45, 2.75) is 24.2 Å². The molecule has 2 aromatic rings. The third kappa shape index (κ3) is 3.98. The molecule has 0 spiro atoms. The molecule has 0 bridgehead atoms. The van der Waals surface area contributed by atoms with Gasteiger partial charge in [0.25, 0.3) is 0 Å². The second-order valence-electron chi connectivity index (χ2n) is 5.91. The minimum Gasteiger partial charge on any atom is -0.450 e. The fourth-order valence-corrected chi connectivity index (χ4v) is 4.43. The first-order chi connectivity index (χ1) is 12.4. The Morgan fingerprint density at radius 2 is 1.69 bits per heavy atom. The quantitative estimate of drug-likeness (QED) is 0.557. The Labute approximate surface area is 156 Å². The smallest absolute Gasteiger partial charge is 0.312 e. The van der Waals surface area contributed by atoms with Crippen molar-refractivity contribution in [3.63, 3.8) is 0 Å². The van der Waals surface area contributed by atoms with E-state index in [-0.39, 0.29) is 10.6 Å². The highest BCUT2D eigenvalue weighted by atomic mass is 35.5. The van der Waals surface area contributed by atoms with Gasteiger partial charge < -0.3 is 4.74 Å². The maximum atomic E-state index is 12.7. The molecule has 9 heteroatoms. The topological polar surface area (TPSA) is 89.8 Å². The van der Waals surface area contributed by atoms with Gasteiger partial charge in [-0.3, -0.25) is 10.1 Å². The zero-order valence-electron chi connectivity index (χ0n) is 13.8. The van der Waals surface area contributed by atoms with Crippen LogP contribution >= 0.6 is 11.6 Å². The van der Waals surface area contributed by atoms with Crippen LogP contribution in [0.15, 0.2) is 47.4 Å². The van der Waals surface area contributed by atoms with E-state index in [1.54, 1.807) is 24.3 Å². The Bertz CT molecular complexity index is 909. The van der Waals surface area contributed by atoms with Crippen LogP contribution in [0.5, 0.6) is 11.5 Å². The van der Waals surface area contributed by atoms with Gasteiger partial charge in [0.15, 0.2) is 0 Å². The summed E-state index contributed by atoms with van der Waals surface area (Å²) in [6.07, 6.45) is 2.57. The molecule has 0 radical (unpaired) electrons. The summed E-state index contributed by atoms with van der Waals surface area (Å²) in [7, 11) is -3.76. The molecule has 3 rings (SSSR count). The van der Waals surface area contributed by atoms with Gasteiger partial charge >= 0.3 is 5.69 Å². The van der Waals surface area contributed by atoms with E-state index in [1.807, 2.05) is 0 Å². The van der Waals surface area contributed by atoms with Gasteiger partial charge in [0.1, 0.15) is 5.75 Å². The van der Waals surface area contributed by atoms with Gasteiger partial charge in [-0.05, 0) is 49.2 Å². The Kier molecular flexibility index (Phi) is 5.45. The largest absolute Gasteiger partial charge is 0.450 e. The summed E-state index contributed by atoms with van der Waals surface area (Å²) in [6, 6.07) is 10.0. The number of nitrogens with zero attached hydrogens (tertiary/aromatic N) is 2. The number of nitro benzene ring substituents is 1. The number of benzene rings is 2. The van der Waals surface area contributed by atoms with Gasteiger partial charge in [0, 0.05) is 24.2 Å². The summed E-state index contributed by atoms with van der Waals surface area (Å²) >= 11 is 5.81. The van der Waals surface area contributed by atoms with Crippen molar-refractivity contribution >= 4 is 27.3 Å². The first-order valence-electron chi connectivity index (χ1n) is 8.10. The Hall–Kier alpha value is -2.16. The van der Waals surface area contributed by atoms with Crippen molar-refractivity contribution in [2.24, 2.45) is 0 Å². The van der Waals surface area contributed by atoms with E-state index in [0.29, 0.717) is 23.9 Å². The summed E-state index contributed by atoms with van der Waals surface area (Å²) in [6.45, 7) is 0.859. The molecule has 1 aliphatic rings. The average Bonchev–Trinajstić information content (AvgIpc) is 2.64. The molecule has 0 aromatic heterocycles. The molecular weight excluding hydrogens is 380 g/mol. The number of halogens is 1. The maximum Gasteiger partial charge on any atom is 0.312 e. The number of rotatable bonds is 5. The van der Waals surface area contributed by atoms with Crippen LogP contribution in [0.2, 0.25) is 5.02 Å². The molecule has 2 aromatic carbocycles. The van der Waals surface area contributed by atoms with Crippen LogP contribution in [0.3, 0.4) is 0 Å². The minimum atomic E-state index is -3.76. The van der Waals surface area contributed by atoms with E-state index in [2.05, 4.69) is 0 Å². The first-order valence-corrected chi connectivity index (χ1v) is 9.92. The first kappa shape index (κ1) is 18.6. The van der Waals surface area contributed by atoms with Crippen molar-refractivity contribution in [3.05, 3.63) is 57.6 Å². The van der Waals surface area contributed by atoms with Gasteiger partial charge in [-0.1, -0.05) is 18.0 Å². The lowest BCUT2D eigenvalue weighted by atomic mass is 10.2. The molecule has 26 heavy (non-hydrogen) atoms. The molecule has 0 atom stereocenters. The molecule has 1 fully saturated rings. The predicted octanol–water partition coefficient (Wildman–Crippen LogP) is 4.22. The number of nitro groups is 1. The van der Waals surface area contributed by atoms with Crippen LogP contribution in [0.4, 0.5) is 5.69 Å². The summed E-state index contributed by atoms with van der Waals surface area (Å²) in [4.78, 5) is 10.7. The molecule has 0 saturated carbocycles. The summed E-state index contributed by atoms with van der Waals surface area (Å²) in [5.41, 5.74) is -0.405. The molecule has 1 heterocycles. The molecule has 1 saturated heterocycles. The Balaban J connectivity index is 1.93. The Morgan fingerprint density at radius 1 is 1.04 bits per heavy atom. The predicted molar refractivity (Wildman–Crippen MR) is 97.2 cm³/mol. The maximum absolute atomic E-state index is 12.7. The van der Waals surface area contributed by atoms with Gasteiger partial charge in [-0.2, -0.15) is 4.31 Å². The Morgan fingerprint density at radius 3 is 2.31 bits per heavy atom. The number of hydrogen-bond acceptors (Lipinski definition) is 5. The second kappa shape index (κ2) is 7.61. The van der Waals surface area contributed by atoms with E-state index < -0.39 is 20.6 Å². The highest BCUT2D eigenvalue weighted by molar-refractivity contribution is 7.89. The summed E-state index contributed by atoms with van der Waals surface area (Å²) in [5.74, 6) is 0.332. The molecule has 7 nitrogen and oxygen atoms in total. The lowest BCUT2D eigenvalue weighted by Crippen LogP contribution is -2.35. The summed E-state index contributed by atoms with van der Waals surface area (Å²) < 4.78 is 32.3. The zero-order valence-corrected chi connectivity index (χ0v) is 15.4. The van der Waals surface area contributed by atoms with E-state index >= 15 is 0 Å². The molecule has 0 aliphatic carbocycles. The van der Waals surface area contributed by atoms with Crippen molar-refractivity contribution in [1.29, 1.82) is 0 Å². The van der Waals surface area contributed by atoms with Crippen LogP contribution in [-0.2, 0) is 10.0 Å². The van der Waals surface area contributed by atoms with E-state index in [4.69, 9.17) is 16.3 Å². The van der Waals surface area contributed by atoms with Crippen LogP contribution in [-0.4, -0.2) is 30.7 Å². The van der Waals surface area contributed by atoms with Crippen LogP contribution in [0, 0.1) is 10.1 Å². The van der Waals surface area contributed by atoms with Crippen LogP contribution < -0.4 is 4.74 Å². The standard InChI is InChI=1S/C17H17ClN2O5S/c18-13-4-6-14(7-5-13)25-17-9-8-15(12-16(17)20(21)22)26(23,24)19-10-2-1-3-11-19/h4-9,12H,1-3,10-11H2. The van der Waals surface area contributed by atoms with Crippen molar-refractivity contribution in [2.75, 3.05) is 13.1 Å². The van der Waals surface area contributed by atoms with Crippen molar-refractivity contribution < 1.29 is 18.1 Å². The van der Waals surface area contributed by atoms with E-state index in [9.17, 15) is 18.5 Å². The molecular formula is C17H17ClN2O5S. The fraction of sp³-hybridized carbons (Fsp3) is 0.294. The SMILES string of the molecule is O=[N+]([O-])c1cc(S(=O)(=O)N2CCCCC2)ccc1Oc1ccc(Cl)cc1. The molecule has 0 unspecified atom stereocenters. The van der Waals surface area contributed by atoms with Gasteiger partial charge in [0.05, 0.1) is 9.82 Å². The van der Waals surface area contributed by atoms with Gasteiger partial charge in [-0.15, -0.1) is 0 Å². The number of ether oxygens (including phenoxy) is 1. The summed E-state index contributed by atoms with van der Waals surface area (Å²) in [5, 5.41) is 11.9. The monoisotopic (exact) mass is 396 g/mol. The minimum absolute atomic E-state index is 0.0325. The molecule has 0 N–H and O–H groups in total. The van der Waals surface area contributed by atoms with Crippen molar-refractivity contribution in [3.8, 4) is 11.5 Å². The van der Waals surface area contributed by atoms with Gasteiger partial charge in [0.2, 0.25) is 15.8 Å². The number of piperidine rings is 1. The number of sulfonamides is 1. The third-order valence-electron chi connectivity index (χ3n) is 4.12. The second-order valence-corrected chi connectivity index (χ2v) is 8.28. The average molecular weight is 397 g/mol.